The van der Waals surface area contributed by atoms with Gasteiger partial charge in [-0.25, -0.2) is 0 Å². The second-order valence-electron chi connectivity index (χ2n) is 4.22. The van der Waals surface area contributed by atoms with E-state index in [9.17, 15) is 14.9 Å². The van der Waals surface area contributed by atoms with Crippen LogP contribution in [0.5, 0.6) is 5.75 Å². The third-order valence-corrected chi connectivity index (χ3v) is 2.72. The molecule has 0 radical (unpaired) electrons. The second-order valence-corrected chi connectivity index (χ2v) is 4.22. The molecule has 0 aliphatic heterocycles. The average Bonchev–Trinajstić information content (AvgIpc) is 2.52. The van der Waals surface area contributed by atoms with E-state index in [2.05, 4.69) is 5.32 Å². The van der Waals surface area contributed by atoms with Gasteiger partial charge in [0.25, 0.3) is 11.6 Å². The molecule has 0 saturated heterocycles. The number of carbonyl (C=O) groups excluding carboxylic acids is 1. The van der Waals surface area contributed by atoms with E-state index in [0.29, 0.717) is 13.2 Å². The Morgan fingerprint density at radius 2 is 1.90 bits per heavy atom. The van der Waals surface area contributed by atoms with Crippen molar-refractivity contribution in [3.8, 4) is 5.75 Å². The molecule has 2 rings (SSSR count). The molecular formula is C15H14N2O4. The average molecular weight is 286 g/mol. The zero-order valence-corrected chi connectivity index (χ0v) is 11.2. The number of rotatable bonds is 6. The second kappa shape index (κ2) is 7.04. The van der Waals surface area contributed by atoms with Gasteiger partial charge in [0.05, 0.1) is 11.5 Å². The van der Waals surface area contributed by atoms with Crippen molar-refractivity contribution in [2.75, 3.05) is 13.2 Å². The summed E-state index contributed by atoms with van der Waals surface area (Å²) in [5, 5.41) is 13.3. The van der Waals surface area contributed by atoms with Gasteiger partial charge in [0, 0.05) is 17.7 Å². The van der Waals surface area contributed by atoms with Gasteiger partial charge in [0.1, 0.15) is 12.4 Å². The third-order valence-electron chi connectivity index (χ3n) is 2.72. The van der Waals surface area contributed by atoms with Crippen molar-refractivity contribution in [2.24, 2.45) is 0 Å². The fourth-order valence-corrected chi connectivity index (χ4v) is 1.71. The molecule has 21 heavy (non-hydrogen) atoms. The number of hydrogen-bond donors (Lipinski definition) is 1. The van der Waals surface area contributed by atoms with Crippen molar-refractivity contribution in [2.45, 2.75) is 0 Å². The van der Waals surface area contributed by atoms with Crippen LogP contribution in [0.2, 0.25) is 0 Å². The summed E-state index contributed by atoms with van der Waals surface area (Å²) in [6.07, 6.45) is 0. The first-order chi connectivity index (χ1) is 10.2. The zero-order valence-electron chi connectivity index (χ0n) is 11.2. The normalized spacial score (nSPS) is 9.90. The molecule has 6 nitrogen and oxygen atoms in total. The molecule has 0 atom stereocenters. The number of ether oxygens (including phenoxy) is 1. The lowest BCUT2D eigenvalue weighted by Gasteiger charge is -2.07. The van der Waals surface area contributed by atoms with Crippen LogP contribution in [0.15, 0.2) is 54.6 Å². The number of amides is 1. The van der Waals surface area contributed by atoms with Crippen LogP contribution in [-0.2, 0) is 0 Å². The molecule has 0 fully saturated rings. The quantitative estimate of drug-likeness (QED) is 0.502. The fraction of sp³-hybridized carbons (Fsp3) is 0.133. The van der Waals surface area contributed by atoms with E-state index in [1.807, 2.05) is 30.3 Å². The Hall–Kier alpha value is -2.89. The first-order valence-electron chi connectivity index (χ1n) is 6.37. The molecule has 108 valence electrons. The van der Waals surface area contributed by atoms with E-state index in [4.69, 9.17) is 4.74 Å². The van der Waals surface area contributed by atoms with Crippen LogP contribution < -0.4 is 10.1 Å². The number of carbonyl (C=O) groups is 1. The maximum atomic E-state index is 11.8. The Morgan fingerprint density at radius 1 is 1.14 bits per heavy atom. The van der Waals surface area contributed by atoms with E-state index >= 15 is 0 Å². The lowest BCUT2D eigenvalue weighted by atomic mass is 10.2. The molecule has 0 spiro atoms. The Balaban J connectivity index is 1.82. The molecule has 1 N–H and O–H groups in total. The van der Waals surface area contributed by atoms with Gasteiger partial charge in [-0.2, -0.15) is 0 Å². The summed E-state index contributed by atoms with van der Waals surface area (Å²) in [4.78, 5) is 22.0. The minimum atomic E-state index is -0.532. The Labute approximate surface area is 121 Å². The summed E-state index contributed by atoms with van der Waals surface area (Å²) in [7, 11) is 0. The first kappa shape index (κ1) is 14.5. The Morgan fingerprint density at radius 3 is 2.62 bits per heavy atom. The van der Waals surface area contributed by atoms with Crippen molar-refractivity contribution < 1.29 is 14.5 Å². The minimum Gasteiger partial charge on any atom is -0.492 e. The molecule has 2 aromatic rings. The highest BCUT2D eigenvalue weighted by molar-refractivity contribution is 5.94. The van der Waals surface area contributed by atoms with Crippen molar-refractivity contribution in [3.63, 3.8) is 0 Å². The van der Waals surface area contributed by atoms with Gasteiger partial charge in [0.2, 0.25) is 0 Å². The van der Waals surface area contributed by atoms with Crippen LogP contribution in [0.3, 0.4) is 0 Å². The number of nitro benzene ring substituents is 1. The zero-order chi connectivity index (χ0) is 15.1. The number of nitrogens with one attached hydrogen (secondary N) is 1. The van der Waals surface area contributed by atoms with Crippen LogP contribution in [-0.4, -0.2) is 24.0 Å². The van der Waals surface area contributed by atoms with Gasteiger partial charge in [-0.05, 0) is 18.2 Å². The maximum Gasteiger partial charge on any atom is 0.270 e. The molecule has 0 aliphatic carbocycles. The molecule has 0 heterocycles. The molecule has 0 bridgehead atoms. The van der Waals surface area contributed by atoms with E-state index < -0.39 is 4.92 Å². The topological polar surface area (TPSA) is 81.5 Å². The van der Waals surface area contributed by atoms with Crippen molar-refractivity contribution in [1.29, 1.82) is 0 Å². The molecule has 6 heteroatoms. The number of benzene rings is 2. The molecule has 2 aromatic carbocycles. The van der Waals surface area contributed by atoms with Gasteiger partial charge in [-0.3, -0.25) is 14.9 Å². The standard InChI is InChI=1S/C15H14N2O4/c18-15(12-5-4-6-13(11-12)17(19)20)16-9-10-21-14-7-2-1-3-8-14/h1-8,11H,9-10H2,(H,16,18). The van der Waals surface area contributed by atoms with E-state index in [1.165, 1.54) is 24.3 Å². The summed E-state index contributed by atoms with van der Waals surface area (Å²) >= 11 is 0. The predicted molar refractivity (Wildman–Crippen MR) is 77.4 cm³/mol. The van der Waals surface area contributed by atoms with Gasteiger partial charge in [0.15, 0.2) is 0 Å². The Kier molecular flexibility index (Phi) is 4.87. The van der Waals surface area contributed by atoms with Crippen molar-refractivity contribution in [3.05, 3.63) is 70.3 Å². The Bertz CT molecular complexity index is 629. The van der Waals surface area contributed by atoms with Crippen LogP contribution >= 0.6 is 0 Å². The van der Waals surface area contributed by atoms with E-state index in [-0.39, 0.29) is 17.2 Å². The van der Waals surface area contributed by atoms with Crippen molar-refractivity contribution >= 4 is 11.6 Å². The lowest BCUT2D eigenvalue weighted by molar-refractivity contribution is -0.384. The highest BCUT2D eigenvalue weighted by Gasteiger charge is 2.10. The number of nitrogens with zero attached hydrogens (tertiary/aromatic N) is 1. The molecule has 0 aliphatic rings. The van der Waals surface area contributed by atoms with E-state index in [0.717, 1.165) is 5.75 Å². The minimum absolute atomic E-state index is 0.108. The third kappa shape index (κ3) is 4.31. The van der Waals surface area contributed by atoms with Gasteiger partial charge in [-0.1, -0.05) is 24.3 Å². The summed E-state index contributed by atoms with van der Waals surface area (Å²) < 4.78 is 5.43. The number of nitro groups is 1. The predicted octanol–water partition coefficient (Wildman–Crippen LogP) is 2.40. The SMILES string of the molecule is O=C(NCCOc1ccccc1)c1cccc([N+](=O)[O-])c1. The lowest BCUT2D eigenvalue weighted by Crippen LogP contribution is -2.28. The van der Waals surface area contributed by atoms with Crippen LogP contribution in [0, 0.1) is 10.1 Å². The van der Waals surface area contributed by atoms with Gasteiger partial charge < -0.3 is 10.1 Å². The van der Waals surface area contributed by atoms with Crippen LogP contribution in [0.4, 0.5) is 5.69 Å². The molecule has 1 amide bonds. The summed E-state index contributed by atoms with van der Waals surface area (Å²) in [5.41, 5.74) is 0.145. The number of non-ortho nitro benzene ring substituents is 1. The molecule has 0 saturated carbocycles. The van der Waals surface area contributed by atoms with Crippen molar-refractivity contribution in [1.82, 2.24) is 5.32 Å². The maximum absolute atomic E-state index is 11.8. The molecular weight excluding hydrogens is 272 g/mol. The van der Waals surface area contributed by atoms with Gasteiger partial charge >= 0.3 is 0 Å². The largest absolute Gasteiger partial charge is 0.492 e. The van der Waals surface area contributed by atoms with E-state index in [1.54, 1.807) is 0 Å². The van der Waals surface area contributed by atoms with Gasteiger partial charge in [-0.15, -0.1) is 0 Å². The highest BCUT2D eigenvalue weighted by Crippen LogP contribution is 2.12. The highest BCUT2D eigenvalue weighted by atomic mass is 16.6. The van der Waals surface area contributed by atoms with Crippen LogP contribution in [0.25, 0.3) is 0 Å². The number of hydrogen-bond acceptors (Lipinski definition) is 4. The molecule has 0 unspecified atom stereocenters. The summed E-state index contributed by atoms with van der Waals surface area (Å²) in [6.45, 7) is 0.640. The first-order valence-corrected chi connectivity index (χ1v) is 6.37. The molecule has 0 aromatic heterocycles. The summed E-state index contributed by atoms with van der Waals surface area (Å²) in [5.74, 6) is 0.359. The summed E-state index contributed by atoms with van der Waals surface area (Å²) in [6, 6.07) is 14.8. The number of para-hydroxylation sites is 1. The fourth-order valence-electron chi connectivity index (χ4n) is 1.71. The smallest absolute Gasteiger partial charge is 0.270 e. The monoisotopic (exact) mass is 286 g/mol. The van der Waals surface area contributed by atoms with Crippen LogP contribution in [0.1, 0.15) is 10.4 Å².